The molecule has 2 aromatic carbocycles. The molecule has 0 amide bonds. The standard InChI is InChI=1S/C14H14N2O2/c1-18-14-9-7-13(8-10-14)16(15-17)11-12-5-3-2-4-6-12/h2-10H,11H2,1H3. The van der Waals surface area contributed by atoms with Crippen LogP contribution in [-0.4, -0.2) is 7.11 Å². The van der Waals surface area contributed by atoms with Gasteiger partial charge in [-0.1, -0.05) is 30.3 Å². The number of methoxy groups -OCH3 is 1. The van der Waals surface area contributed by atoms with Gasteiger partial charge in [-0.15, -0.1) is 4.91 Å². The zero-order valence-electron chi connectivity index (χ0n) is 10.1. The van der Waals surface area contributed by atoms with Crippen molar-refractivity contribution in [3.05, 3.63) is 65.1 Å². The van der Waals surface area contributed by atoms with Crippen LogP contribution in [0.25, 0.3) is 0 Å². The fourth-order valence-corrected chi connectivity index (χ4v) is 1.68. The van der Waals surface area contributed by atoms with Crippen LogP contribution in [0.15, 0.2) is 59.9 Å². The van der Waals surface area contributed by atoms with E-state index in [1.54, 1.807) is 19.2 Å². The van der Waals surface area contributed by atoms with E-state index in [0.717, 1.165) is 17.0 Å². The van der Waals surface area contributed by atoms with Gasteiger partial charge in [0.05, 0.1) is 24.6 Å². The van der Waals surface area contributed by atoms with Crippen molar-refractivity contribution in [2.75, 3.05) is 12.1 Å². The van der Waals surface area contributed by atoms with Gasteiger partial charge in [-0.2, -0.15) is 0 Å². The first kappa shape index (κ1) is 12.1. The predicted molar refractivity (Wildman–Crippen MR) is 71.4 cm³/mol. The highest BCUT2D eigenvalue weighted by molar-refractivity contribution is 5.48. The van der Waals surface area contributed by atoms with Crippen LogP contribution in [0.3, 0.4) is 0 Å². The summed E-state index contributed by atoms with van der Waals surface area (Å²) in [6.45, 7) is 0.455. The molecule has 0 unspecified atom stereocenters. The molecule has 2 aromatic rings. The van der Waals surface area contributed by atoms with Crippen molar-refractivity contribution in [2.45, 2.75) is 6.54 Å². The van der Waals surface area contributed by atoms with Crippen molar-refractivity contribution < 1.29 is 4.74 Å². The lowest BCUT2D eigenvalue weighted by Crippen LogP contribution is -2.14. The summed E-state index contributed by atoms with van der Waals surface area (Å²) >= 11 is 0. The highest BCUT2D eigenvalue weighted by atomic mass is 16.5. The predicted octanol–water partition coefficient (Wildman–Crippen LogP) is 3.38. The highest BCUT2D eigenvalue weighted by Gasteiger charge is 2.07. The molecule has 0 radical (unpaired) electrons. The Labute approximate surface area is 106 Å². The Balaban J connectivity index is 2.15. The van der Waals surface area contributed by atoms with Crippen LogP contribution in [0.1, 0.15) is 5.56 Å². The molecule has 0 fully saturated rings. The molecule has 0 spiro atoms. The van der Waals surface area contributed by atoms with Crippen LogP contribution < -0.4 is 9.75 Å². The second-order valence-corrected chi connectivity index (χ2v) is 3.82. The first-order valence-corrected chi connectivity index (χ1v) is 5.62. The van der Waals surface area contributed by atoms with E-state index in [4.69, 9.17) is 4.74 Å². The summed E-state index contributed by atoms with van der Waals surface area (Å²) in [6, 6.07) is 17.0. The molecule has 0 atom stereocenters. The number of nitrogens with zero attached hydrogens (tertiary/aromatic N) is 2. The molecule has 0 aliphatic carbocycles. The maximum Gasteiger partial charge on any atom is 0.119 e. The fraction of sp³-hybridized carbons (Fsp3) is 0.143. The summed E-state index contributed by atoms with van der Waals surface area (Å²) in [7, 11) is 1.61. The van der Waals surface area contributed by atoms with Crippen LogP contribution in [0, 0.1) is 4.91 Å². The average Bonchev–Trinajstić information content (AvgIpc) is 2.46. The van der Waals surface area contributed by atoms with Gasteiger partial charge < -0.3 is 4.74 Å². The van der Waals surface area contributed by atoms with Gasteiger partial charge in [0.1, 0.15) is 5.75 Å². The van der Waals surface area contributed by atoms with E-state index < -0.39 is 0 Å². The van der Waals surface area contributed by atoms with E-state index in [0.29, 0.717) is 6.54 Å². The summed E-state index contributed by atoms with van der Waals surface area (Å²) in [4.78, 5) is 10.9. The zero-order chi connectivity index (χ0) is 12.8. The topological polar surface area (TPSA) is 41.9 Å². The minimum absolute atomic E-state index is 0.455. The van der Waals surface area contributed by atoms with Gasteiger partial charge in [-0.25, -0.2) is 5.01 Å². The lowest BCUT2D eigenvalue weighted by molar-refractivity contribution is 0.415. The zero-order valence-corrected chi connectivity index (χ0v) is 10.1. The van der Waals surface area contributed by atoms with Crippen LogP contribution in [0.4, 0.5) is 5.69 Å². The van der Waals surface area contributed by atoms with E-state index >= 15 is 0 Å². The smallest absolute Gasteiger partial charge is 0.119 e. The molecule has 4 heteroatoms. The summed E-state index contributed by atoms with van der Waals surface area (Å²) in [5.41, 5.74) is 1.78. The Morgan fingerprint density at radius 3 is 2.28 bits per heavy atom. The molecule has 92 valence electrons. The second kappa shape index (κ2) is 5.82. The molecule has 0 saturated carbocycles. The summed E-state index contributed by atoms with van der Waals surface area (Å²) in [5, 5.41) is 4.46. The Hall–Kier alpha value is -2.36. The molecule has 0 heterocycles. The lowest BCUT2D eigenvalue weighted by atomic mass is 10.2. The van der Waals surface area contributed by atoms with Gasteiger partial charge in [0.15, 0.2) is 0 Å². The molecule has 0 N–H and O–H groups in total. The molecule has 2 rings (SSSR count). The van der Waals surface area contributed by atoms with Gasteiger partial charge in [0.25, 0.3) is 0 Å². The van der Waals surface area contributed by atoms with Gasteiger partial charge >= 0.3 is 0 Å². The fourth-order valence-electron chi connectivity index (χ4n) is 1.68. The number of ether oxygens (including phenoxy) is 1. The number of nitroso groups, excluding NO2 is 1. The minimum atomic E-state index is 0.455. The lowest BCUT2D eigenvalue weighted by Gasteiger charge is -2.15. The second-order valence-electron chi connectivity index (χ2n) is 3.82. The molecular formula is C14H14N2O2. The third-order valence-corrected chi connectivity index (χ3v) is 2.64. The number of anilines is 1. The molecule has 0 bridgehead atoms. The van der Waals surface area contributed by atoms with E-state index in [1.807, 2.05) is 42.5 Å². The van der Waals surface area contributed by atoms with Crippen LogP contribution in [0.2, 0.25) is 0 Å². The van der Waals surface area contributed by atoms with Crippen LogP contribution >= 0.6 is 0 Å². The largest absolute Gasteiger partial charge is 0.497 e. The highest BCUT2D eigenvalue weighted by Crippen LogP contribution is 2.21. The number of benzene rings is 2. The third-order valence-electron chi connectivity index (χ3n) is 2.64. The van der Waals surface area contributed by atoms with Crippen LogP contribution in [-0.2, 0) is 6.54 Å². The Kier molecular flexibility index (Phi) is 3.91. The minimum Gasteiger partial charge on any atom is -0.497 e. The summed E-state index contributed by atoms with van der Waals surface area (Å²) in [5.74, 6) is 0.754. The van der Waals surface area contributed by atoms with E-state index in [9.17, 15) is 4.91 Å². The van der Waals surface area contributed by atoms with Gasteiger partial charge in [0.2, 0.25) is 0 Å². The average molecular weight is 242 g/mol. The first-order chi connectivity index (χ1) is 8.83. The van der Waals surface area contributed by atoms with Crippen molar-refractivity contribution in [2.24, 2.45) is 5.29 Å². The van der Waals surface area contributed by atoms with Crippen molar-refractivity contribution in [3.63, 3.8) is 0 Å². The molecule has 0 aromatic heterocycles. The Bertz CT molecular complexity index is 497. The molecule has 0 aliphatic rings. The van der Waals surface area contributed by atoms with Gasteiger partial charge in [-0.05, 0) is 29.8 Å². The molecule has 18 heavy (non-hydrogen) atoms. The third kappa shape index (κ3) is 2.85. The monoisotopic (exact) mass is 242 g/mol. The maximum atomic E-state index is 10.9. The van der Waals surface area contributed by atoms with Crippen molar-refractivity contribution >= 4 is 5.69 Å². The van der Waals surface area contributed by atoms with Crippen molar-refractivity contribution in [3.8, 4) is 5.75 Å². The number of hydrogen-bond donors (Lipinski definition) is 0. The summed E-state index contributed by atoms with van der Waals surface area (Å²) < 4.78 is 5.07. The normalized spacial score (nSPS) is 9.83. The van der Waals surface area contributed by atoms with E-state index in [1.165, 1.54) is 5.01 Å². The molecular weight excluding hydrogens is 228 g/mol. The van der Waals surface area contributed by atoms with Crippen molar-refractivity contribution in [1.82, 2.24) is 0 Å². The van der Waals surface area contributed by atoms with Gasteiger partial charge in [0, 0.05) is 0 Å². The van der Waals surface area contributed by atoms with Crippen molar-refractivity contribution in [1.29, 1.82) is 0 Å². The Morgan fingerprint density at radius 2 is 1.72 bits per heavy atom. The molecule has 0 aliphatic heterocycles. The van der Waals surface area contributed by atoms with E-state index in [-0.39, 0.29) is 0 Å². The quantitative estimate of drug-likeness (QED) is 0.596. The van der Waals surface area contributed by atoms with Gasteiger partial charge in [-0.3, -0.25) is 0 Å². The summed E-state index contributed by atoms with van der Waals surface area (Å²) in [6.07, 6.45) is 0. The number of rotatable bonds is 5. The van der Waals surface area contributed by atoms with Crippen LogP contribution in [0.5, 0.6) is 5.75 Å². The Morgan fingerprint density at radius 1 is 1.06 bits per heavy atom. The molecule has 4 nitrogen and oxygen atoms in total. The number of hydrogen-bond acceptors (Lipinski definition) is 3. The molecule has 0 saturated heterocycles. The SMILES string of the molecule is COc1ccc(N(Cc2ccccc2)N=O)cc1. The van der Waals surface area contributed by atoms with E-state index in [2.05, 4.69) is 5.29 Å². The maximum absolute atomic E-state index is 10.9. The first-order valence-electron chi connectivity index (χ1n) is 5.62.